The van der Waals surface area contributed by atoms with Gasteiger partial charge >= 0.3 is 0 Å². The van der Waals surface area contributed by atoms with Crippen molar-refractivity contribution in [3.63, 3.8) is 0 Å². The summed E-state index contributed by atoms with van der Waals surface area (Å²) in [6.07, 6.45) is 1.49. The zero-order chi connectivity index (χ0) is 22.0. The Kier molecular flexibility index (Phi) is 10.7. The van der Waals surface area contributed by atoms with Crippen molar-refractivity contribution in [1.29, 1.82) is 0 Å². The minimum Gasteiger partial charge on any atom is -0.399 e. The van der Waals surface area contributed by atoms with E-state index in [0.717, 1.165) is 39.0 Å². The van der Waals surface area contributed by atoms with Crippen LogP contribution in [-0.4, -0.2) is 60.1 Å². The number of nitrogens with two attached hydrogens (primary N) is 1. The SMILES string of the molecule is CCC(NC(=O)c1cc(N)cc(C(=O)NC(CC)N(CC)CC)c1)N(CC)CC. The second-order valence-corrected chi connectivity index (χ2v) is 7.08. The molecule has 7 heteroatoms. The standard InChI is InChI=1S/C22H39N5O2/c1-7-19(26(9-3)10-4)24-21(28)16-13-17(15-18(23)14-16)22(29)25-20(8-2)27(11-5)12-6/h13-15,19-20H,7-12,23H2,1-6H3,(H,24,28)(H,25,29). The molecule has 164 valence electrons. The molecule has 0 saturated heterocycles. The summed E-state index contributed by atoms with van der Waals surface area (Å²) in [5.74, 6) is -0.443. The molecule has 1 aromatic rings. The van der Waals surface area contributed by atoms with E-state index in [-0.39, 0.29) is 24.1 Å². The summed E-state index contributed by atoms with van der Waals surface area (Å²) < 4.78 is 0. The summed E-state index contributed by atoms with van der Waals surface area (Å²) in [7, 11) is 0. The van der Waals surface area contributed by atoms with Crippen LogP contribution in [0.4, 0.5) is 5.69 Å². The third-order valence-electron chi connectivity index (χ3n) is 5.35. The van der Waals surface area contributed by atoms with Crippen molar-refractivity contribution in [2.24, 2.45) is 0 Å². The number of benzene rings is 1. The highest BCUT2D eigenvalue weighted by molar-refractivity contribution is 6.01. The van der Waals surface area contributed by atoms with Crippen LogP contribution in [0.1, 0.15) is 75.1 Å². The van der Waals surface area contributed by atoms with Crippen molar-refractivity contribution in [3.8, 4) is 0 Å². The van der Waals surface area contributed by atoms with Gasteiger partial charge in [0, 0.05) is 16.8 Å². The number of amides is 2. The van der Waals surface area contributed by atoms with Crippen LogP contribution in [0.3, 0.4) is 0 Å². The topological polar surface area (TPSA) is 90.7 Å². The summed E-state index contributed by atoms with van der Waals surface area (Å²) in [4.78, 5) is 30.0. The maximum atomic E-state index is 12.8. The molecule has 0 saturated carbocycles. The van der Waals surface area contributed by atoms with Gasteiger partial charge < -0.3 is 16.4 Å². The third kappa shape index (κ3) is 7.01. The fourth-order valence-electron chi connectivity index (χ4n) is 3.62. The summed E-state index contributed by atoms with van der Waals surface area (Å²) in [5.41, 5.74) is 7.20. The summed E-state index contributed by atoms with van der Waals surface area (Å²) in [6, 6.07) is 4.84. The summed E-state index contributed by atoms with van der Waals surface area (Å²) in [5, 5.41) is 6.12. The number of carbonyl (C=O) groups excluding carboxylic acids is 2. The number of anilines is 1. The van der Waals surface area contributed by atoms with Crippen LogP contribution in [0.15, 0.2) is 18.2 Å². The molecule has 2 unspecified atom stereocenters. The number of hydrogen-bond acceptors (Lipinski definition) is 5. The van der Waals surface area contributed by atoms with E-state index in [1.807, 2.05) is 13.8 Å². The van der Waals surface area contributed by atoms with Gasteiger partial charge in [-0.25, -0.2) is 0 Å². The maximum absolute atomic E-state index is 12.8. The van der Waals surface area contributed by atoms with Crippen molar-refractivity contribution < 1.29 is 9.59 Å². The van der Waals surface area contributed by atoms with Crippen LogP contribution in [0, 0.1) is 0 Å². The maximum Gasteiger partial charge on any atom is 0.252 e. The van der Waals surface area contributed by atoms with Gasteiger partial charge in [0.2, 0.25) is 0 Å². The second kappa shape index (κ2) is 12.4. The number of nitrogens with zero attached hydrogens (tertiary/aromatic N) is 2. The molecule has 4 N–H and O–H groups in total. The molecule has 0 aliphatic carbocycles. The van der Waals surface area contributed by atoms with Crippen LogP contribution in [-0.2, 0) is 0 Å². The lowest BCUT2D eigenvalue weighted by Crippen LogP contribution is -2.48. The number of nitrogen functional groups attached to an aromatic ring is 1. The van der Waals surface area contributed by atoms with Gasteiger partial charge in [-0.05, 0) is 57.2 Å². The highest BCUT2D eigenvalue weighted by Crippen LogP contribution is 2.14. The van der Waals surface area contributed by atoms with E-state index in [1.54, 1.807) is 18.2 Å². The molecule has 1 rings (SSSR count). The lowest BCUT2D eigenvalue weighted by molar-refractivity contribution is 0.0854. The molecule has 0 fully saturated rings. The van der Waals surface area contributed by atoms with Gasteiger partial charge in [0.25, 0.3) is 11.8 Å². The molecule has 0 bridgehead atoms. The zero-order valence-corrected chi connectivity index (χ0v) is 18.9. The Morgan fingerprint density at radius 3 is 1.38 bits per heavy atom. The Labute approximate surface area is 176 Å². The summed E-state index contributed by atoms with van der Waals surface area (Å²) in [6.45, 7) is 15.8. The first-order valence-corrected chi connectivity index (χ1v) is 10.8. The minimum atomic E-state index is -0.221. The molecule has 1 aromatic carbocycles. The molecule has 0 heterocycles. The van der Waals surface area contributed by atoms with E-state index in [9.17, 15) is 9.59 Å². The summed E-state index contributed by atoms with van der Waals surface area (Å²) >= 11 is 0. The van der Waals surface area contributed by atoms with Crippen LogP contribution >= 0.6 is 0 Å². The van der Waals surface area contributed by atoms with Crippen LogP contribution < -0.4 is 16.4 Å². The first kappa shape index (κ1) is 24.9. The van der Waals surface area contributed by atoms with Crippen LogP contribution in [0.2, 0.25) is 0 Å². The molecular formula is C22H39N5O2. The molecule has 29 heavy (non-hydrogen) atoms. The smallest absolute Gasteiger partial charge is 0.252 e. The van der Waals surface area contributed by atoms with Crippen molar-refractivity contribution in [1.82, 2.24) is 20.4 Å². The predicted octanol–water partition coefficient (Wildman–Crippen LogP) is 2.88. The Morgan fingerprint density at radius 1 is 0.759 bits per heavy atom. The van der Waals surface area contributed by atoms with Crippen molar-refractivity contribution >= 4 is 17.5 Å². The largest absolute Gasteiger partial charge is 0.399 e. The minimum absolute atomic E-state index is 0.0525. The fourth-order valence-corrected chi connectivity index (χ4v) is 3.62. The number of carbonyl (C=O) groups is 2. The van der Waals surface area contributed by atoms with Crippen LogP contribution in [0.25, 0.3) is 0 Å². The third-order valence-corrected chi connectivity index (χ3v) is 5.35. The van der Waals surface area contributed by atoms with Crippen molar-refractivity contribution in [2.75, 3.05) is 31.9 Å². The monoisotopic (exact) mass is 405 g/mol. The van der Waals surface area contributed by atoms with E-state index in [4.69, 9.17) is 5.73 Å². The van der Waals surface area contributed by atoms with E-state index in [0.29, 0.717) is 16.8 Å². The van der Waals surface area contributed by atoms with Crippen molar-refractivity contribution in [2.45, 2.75) is 66.7 Å². The average Bonchev–Trinajstić information content (AvgIpc) is 2.72. The van der Waals surface area contributed by atoms with Gasteiger partial charge in [0.1, 0.15) is 0 Å². The Hall–Kier alpha value is -2.12. The fraction of sp³-hybridized carbons (Fsp3) is 0.636. The molecule has 7 nitrogen and oxygen atoms in total. The molecule has 0 aliphatic rings. The predicted molar refractivity (Wildman–Crippen MR) is 120 cm³/mol. The highest BCUT2D eigenvalue weighted by Gasteiger charge is 2.21. The average molecular weight is 406 g/mol. The van der Waals surface area contributed by atoms with E-state index >= 15 is 0 Å². The molecule has 0 aromatic heterocycles. The quantitative estimate of drug-likeness (QED) is 0.367. The number of rotatable bonds is 12. The van der Waals surface area contributed by atoms with E-state index in [2.05, 4.69) is 48.1 Å². The van der Waals surface area contributed by atoms with Gasteiger partial charge in [-0.1, -0.05) is 41.5 Å². The molecule has 2 atom stereocenters. The molecule has 0 spiro atoms. The first-order valence-electron chi connectivity index (χ1n) is 10.8. The van der Waals surface area contributed by atoms with Gasteiger partial charge in [-0.15, -0.1) is 0 Å². The number of hydrogen-bond donors (Lipinski definition) is 3. The first-order chi connectivity index (χ1) is 13.8. The lowest BCUT2D eigenvalue weighted by atomic mass is 10.1. The molecule has 2 amide bonds. The van der Waals surface area contributed by atoms with Gasteiger partial charge in [-0.3, -0.25) is 19.4 Å². The number of nitrogens with one attached hydrogen (secondary N) is 2. The van der Waals surface area contributed by atoms with E-state index < -0.39 is 0 Å². The highest BCUT2D eigenvalue weighted by atomic mass is 16.2. The Morgan fingerprint density at radius 2 is 1.10 bits per heavy atom. The van der Waals surface area contributed by atoms with Gasteiger partial charge in [0.15, 0.2) is 0 Å². The second-order valence-electron chi connectivity index (χ2n) is 7.08. The Balaban J connectivity index is 3.01. The molecule has 0 aliphatic heterocycles. The van der Waals surface area contributed by atoms with E-state index in [1.165, 1.54) is 0 Å². The van der Waals surface area contributed by atoms with Gasteiger partial charge in [0.05, 0.1) is 12.3 Å². The van der Waals surface area contributed by atoms with Crippen LogP contribution in [0.5, 0.6) is 0 Å². The van der Waals surface area contributed by atoms with Gasteiger partial charge in [-0.2, -0.15) is 0 Å². The Bertz CT molecular complexity index is 604. The molecule has 0 radical (unpaired) electrons. The van der Waals surface area contributed by atoms with Crippen molar-refractivity contribution in [3.05, 3.63) is 29.3 Å². The molecular weight excluding hydrogens is 366 g/mol. The normalized spacial score (nSPS) is 13.4. The lowest BCUT2D eigenvalue weighted by Gasteiger charge is -2.30. The zero-order valence-electron chi connectivity index (χ0n) is 18.9.